The predicted octanol–water partition coefficient (Wildman–Crippen LogP) is 2.67. The minimum atomic E-state index is -4.67. The standard InChI is InChI=1S/C13H16F3N3O/c1-2-7-19-11(8-18-12(19)17)9-3-5-10(6-4-9)20-13(14,15)16/h3-6,11H,2,7-8H2,1H3,(H2,17,18). The summed E-state index contributed by atoms with van der Waals surface area (Å²) in [6, 6.07) is 5.82. The molecule has 110 valence electrons. The number of alkyl halides is 3. The van der Waals surface area contributed by atoms with Gasteiger partial charge in [0.2, 0.25) is 0 Å². The third-order valence-electron chi connectivity index (χ3n) is 3.06. The van der Waals surface area contributed by atoms with Gasteiger partial charge in [0.1, 0.15) is 5.75 Å². The van der Waals surface area contributed by atoms with Crippen molar-refractivity contribution >= 4 is 5.96 Å². The summed E-state index contributed by atoms with van der Waals surface area (Å²) in [4.78, 5) is 6.14. The smallest absolute Gasteiger partial charge is 0.406 e. The van der Waals surface area contributed by atoms with Crippen molar-refractivity contribution in [2.24, 2.45) is 10.7 Å². The summed E-state index contributed by atoms with van der Waals surface area (Å²) >= 11 is 0. The van der Waals surface area contributed by atoms with Crippen LogP contribution >= 0.6 is 0 Å². The molecule has 1 heterocycles. The summed E-state index contributed by atoms with van der Waals surface area (Å²) in [7, 11) is 0. The van der Waals surface area contributed by atoms with Gasteiger partial charge in [0.15, 0.2) is 5.96 Å². The van der Waals surface area contributed by atoms with Gasteiger partial charge in [-0.05, 0) is 24.1 Å². The molecule has 2 N–H and O–H groups in total. The quantitative estimate of drug-likeness (QED) is 0.926. The van der Waals surface area contributed by atoms with Crippen LogP contribution in [0, 0.1) is 0 Å². The molecule has 20 heavy (non-hydrogen) atoms. The highest BCUT2D eigenvalue weighted by Gasteiger charge is 2.31. The Labute approximate surface area is 115 Å². The van der Waals surface area contributed by atoms with Gasteiger partial charge >= 0.3 is 6.36 Å². The first-order chi connectivity index (χ1) is 9.40. The largest absolute Gasteiger partial charge is 0.573 e. The molecular formula is C13H16F3N3O. The van der Waals surface area contributed by atoms with E-state index in [2.05, 4.69) is 9.73 Å². The number of ether oxygens (including phenoxy) is 1. The normalized spacial score (nSPS) is 19.1. The number of hydrogen-bond donors (Lipinski definition) is 1. The number of aliphatic imine (C=N–C) groups is 1. The number of rotatable bonds is 4. The van der Waals surface area contributed by atoms with Crippen LogP contribution in [-0.2, 0) is 0 Å². The zero-order valence-corrected chi connectivity index (χ0v) is 11.0. The van der Waals surface area contributed by atoms with E-state index in [0.29, 0.717) is 12.5 Å². The topological polar surface area (TPSA) is 50.8 Å². The lowest BCUT2D eigenvalue weighted by molar-refractivity contribution is -0.274. The summed E-state index contributed by atoms with van der Waals surface area (Å²) in [6.45, 7) is 3.31. The SMILES string of the molecule is CCCN1C(N)=NCC1c1ccc(OC(F)(F)F)cc1. The van der Waals surface area contributed by atoms with Crippen molar-refractivity contribution < 1.29 is 17.9 Å². The molecule has 0 bridgehead atoms. The lowest BCUT2D eigenvalue weighted by Gasteiger charge is -2.26. The van der Waals surface area contributed by atoms with Crippen molar-refractivity contribution in [3.8, 4) is 5.75 Å². The van der Waals surface area contributed by atoms with Gasteiger partial charge in [0.05, 0.1) is 12.6 Å². The third kappa shape index (κ3) is 3.34. The van der Waals surface area contributed by atoms with E-state index in [1.165, 1.54) is 12.1 Å². The molecule has 0 fully saturated rings. The van der Waals surface area contributed by atoms with Crippen LogP contribution < -0.4 is 10.5 Å². The van der Waals surface area contributed by atoms with Crippen molar-refractivity contribution in [2.45, 2.75) is 25.7 Å². The van der Waals surface area contributed by atoms with Crippen molar-refractivity contribution in [3.05, 3.63) is 29.8 Å². The third-order valence-corrected chi connectivity index (χ3v) is 3.06. The van der Waals surface area contributed by atoms with Crippen LogP contribution in [0.15, 0.2) is 29.3 Å². The van der Waals surface area contributed by atoms with Crippen LogP contribution in [0.3, 0.4) is 0 Å². The molecule has 1 aliphatic rings. The van der Waals surface area contributed by atoms with Crippen molar-refractivity contribution in [3.63, 3.8) is 0 Å². The Balaban J connectivity index is 2.10. The van der Waals surface area contributed by atoms with Gasteiger partial charge in [-0.3, -0.25) is 4.99 Å². The second-order valence-corrected chi connectivity index (χ2v) is 4.52. The van der Waals surface area contributed by atoms with Gasteiger partial charge in [0.25, 0.3) is 0 Å². The first-order valence-corrected chi connectivity index (χ1v) is 6.33. The average Bonchev–Trinajstić information content (AvgIpc) is 2.71. The average molecular weight is 287 g/mol. The predicted molar refractivity (Wildman–Crippen MR) is 69.4 cm³/mol. The molecule has 0 saturated heterocycles. The second kappa shape index (κ2) is 5.60. The lowest BCUT2D eigenvalue weighted by Crippen LogP contribution is -2.36. The first-order valence-electron chi connectivity index (χ1n) is 6.33. The fraction of sp³-hybridized carbons (Fsp3) is 0.462. The van der Waals surface area contributed by atoms with E-state index >= 15 is 0 Å². The molecule has 2 rings (SSSR count). The Morgan fingerprint density at radius 3 is 2.55 bits per heavy atom. The number of nitrogens with zero attached hydrogens (tertiary/aromatic N) is 2. The number of nitrogens with two attached hydrogens (primary N) is 1. The molecule has 7 heteroatoms. The molecular weight excluding hydrogens is 271 g/mol. The zero-order chi connectivity index (χ0) is 14.8. The lowest BCUT2D eigenvalue weighted by atomic mass is 10.1. The van der Waals surface area contributed by atoms with Gasteiger partial charge in [-0.25, -0.2) is 0 Å². The Kier molecular flexibility index (Phi) is 4.06. The van der Waals surface area contributed by atoms with Gasteiger partial charge in [-0.1, -0.05) is 19.1 Å². The van der Waals surface area contributed by atoms with Crippen LogP contribution in [-0.4, -0.2) is 30.3 Å². The van der Waals surface area contributed by atoms with Gasteiger partial charge in [-0.15, -0.1) is 13.2 Å². The van der Waals surface area contributed by atoms with E-state index in [0.717, 1.165) is 18.5 Å². The number of guanidine groups is 1. The van der Waals surface area contributed by atoms with Gasteiger partial charge < -0.3 is 15.4 Å². The van der Waals surface area contributed by atoms with Gasteiger partial charge in [-0.2, -0.15) is 0 Å². The first kappa shape index (κ1) is 14.5. The minimum Gasteiger partial charge on any atom is -0.406 e. The summed E-state index contributed by atoms with van der Waals surface area (Å²) in [5.41, 5.74) is 6.68. The van der Waals surface area contributed by atoms with E-state index in [4.69, 9.17) is 5.73 Å². The molecule has 0 aliphatic carbocycles. The Morgan fingerprint density at radius 1 is 1.35 bits per heavy atom. The van der Waals surface area contributed by atoms with E-state index in [1.807, 2.05) is 11.8 Å². The van der Waals surface area contributed by atoms with Crippen molar-refractivity contribution in [1.82, 2.24) is 4.90 Å². The fourth-order valence-electron chi connectivity index (χ4n) is 2.22. The highest BCUT2D eigenvalue weighted by molar-refractivity contribution is 5.80. The van der Waals surface area contributed by atoms with E-state index < -0.39 is 6.36 Å². The summed E-state index contributed by atoms with van der Waals surface area (Å²) < 4.78 is 40.1. The summed E-state index contributed by atoms with van der Waals surface area (Å²) in [5, 5.41) is 0. The van der Waals surface area contributed by atoms with E-state index in [1.54, 1.807) is 12.1 Å². The summed E-state index contributed by atoms with van der Waals surface area (Å²) in [6.07, 6.45) is -3.75. The van der Waals surface area contributed by atoms with Crippen LogP contribution in [0.4, 0.5) is 13.2 Å². The number of halogens is 3. The van der Waals surface area contributed by atoms with Crippen LogP contribution in [0.2, 0.25) is 0 Å². The molecule has 0 saturated carbocycles. The molecule has 0 aromatic heterocycles. The minimum absolute atomic E-state index is 0.0186. The monoisotopic (exact) mass is 287 g/mol. The molecule has 0 radical (unpaired) electrons. The zero-order valence-electron chi connectivity index (χ0n) is 11.0. The van der Waals surface area contributed by atoms with Crippen LogP contribution in [0.25, 0.3) is 0 Å². The Bertz CT molecular complexity index is 485. The van der Waals surface area contributed by atoms with E-state index in [-0.39, 0.29) is 11.8 Å². The molecule has 1 unspecified atom stereocenters. The second-order valence-electron chi connectivity index (χ2n) is 4.52. The molecule has 0 spiro atoms. The Morgan fingerprint density at radius 2 is 2.00 bits per heavy atom. The highest BCUT2D eigenvalue weighted by Crippen LogP contribution is 2.29. The Hall–Kier alpha value is -1.92. The maximum Gasteiger partial charge on any atom is 0.573 e. The van der Waals surface area contributed by atoms with Crippen molar-refractivity contribution in [1.29, 1.82) is 0 Å². The molecule has 1 aliphatic heterocycles. The molecule has 4 nitrogen and oxygen atoms in total. The number of hydrogen-bond acceptors (Lipinski definition) is 4. The van der Waals surface area contributed by atoms with Crippen LogP contribution in [0.5, 0.6) is 5.75 Å². The van der Waals surface area contributed by atoms with Crippen LogP contribution in [0.1, 0.15) is 24.9 Å². The summed E-state index contributed by atoms with van der Waals surface area (Å²) in [5.74, 6) is 0.252. The molecule has 1 aromatic carbocycles. The van der Waals surface area contributed by atoms with E-state index in [9.17, 15) is 13.2 Å². The van der Waals surface area contributed by atoms with Crippen molar-refractivity contribution in [2.75, 3.05) is 13.1 Å². The molecule has 0 amide bonds. The van der Waals surface area contributed by atoms with Gasteiger partial charge in [0, 0.05) is 6.54 Å². The maximum atomic E-state index is 12.1. The highest BCUT2D eigenvalue weighted by atomic mass is 19.4. The number of benzene rings is 1. The maximum absolute atomic E-state index is 12.1. The molecule has 1 atom stereocenters. The molecule has 1 aromatic rings. The fourth-order valence-corrected chi connectivity index (χ4v) is 2.22.